The zero-order chi connectivity index (χ0) is 20.6. The number of aliphatic hydroxyl groups is 1. The molecule has 1 heterocycles. The summed E-state index contributed by atoms with van der Waals surface area (Å²) in [6, 6.07) is 8.00. The van der Waals surface area contributed by atoms with E-state index in [0.717, 1.165) is 35.6 Å². The maximum Gasteiger partial charge on any atom is 0.416 e. The van der Waals surface area contributed by atoms with E-state index in [0.29, 0.717) is 4.70 Å². The van der Waals surface area contributed by atoms with E-state index < -0.39 is 22.4 Å². The molecule has 11 heteroatoms. The zero-order valence-electron chi connectivity index (χ0n) is 13.5. The number of nitrogens with zero attached hydrogens (tertiary/aromatic N) is 3. The maximum atomic E-state index is 12.8. The molecule has 1 N–H and O–H groups in total. The molecule has 0 bridgehead atoms. The summed E-state index contributed by atoms with van der Waals surface area (Å²) in [5, 5.41) is 30.5. The number of allylic oxidation sites excluding steroid dienone is 1. The SMILES string of the molecule is N#C/C(=C(/O)c1ccc([N+](=O)[O-])cc1Cl)c1nc2cc(C(F)(F)F)ccc2s1. The molecule has 1 aromatic heterocycles. The molecule has 0 fully saturated rings. The molecule has 0 spiro atoms. The minimum absolute atomic E-state index is 0.0104. The highest BCUT2D eigenvalue weighted by atomic mass is 35.5. The van der Waals surface area contributed by atoms with Gasteiger partial charge in [-0.05, 0) is 24.3 Å². The summed E-state index contributed by atoms with van der Waals surface area (Å²) in [6.07, 6.45) is -4.54. The molecular weight excluding hydrogens is 419 g/mol. The van der Waals surface area contributed by atoms with Crippen molar-refractivity contribution in [2.75, 3.05) is 0 Å². The lowest BCUT2D eigenvalue weighted by atomic mass is 10.1. The molecule has 0 radical (unpaired) electrons. The highest BCUT2D eigenvalue weighted by Gasteiger charge is 2.31. The minimum atomic E-state index is -4.54. The van der Waals surface area contributed by atoms with E-state index in [4.69, 9.17) is 11.6 Å². The molecule has 6 nitrogen and oxygen atoms in total. The first-order valence-electron chi connectivity index (χ1n) is 7.37. The van der Waals surface area contributed by atoms with E-state index in [2.05, 4.69) is 4.98 Å². The Balaban J connectivity index is 2.12. The molecule has 28 heavy (non-hydrogen) atoms. The van der Waals surface area contributed by atoms with Crippen LogP contribution in [0.15, 0.2) is 36.4 Å². The molecule has 0 saturated carbocycles. The zero-order valence-corrected chi connectivity index (χ0v) is 15.1. The third-order valence-electron chi connectivity index (χ3n) is 3.70. The summed E-state index contributed by atoms with van der Waals surface area (Å²) >= 11 is 6.87. The van der Waals surface area contributed by atoms with Gasteiger partial charge in [0.05, 0.1) is 25.7 Å². The first-order chi connectivity index (χ1) is 13.1. The van der Waals surface area contributed by atoms with Crippen molar-refractivity contribution in [1.29, 1.82) is 5.26 Å². The van der Waals surface area contributed by atoms with Gasteiger partial charge in [-0.1, -0.05) is 11.6 Å². The van der Waals surface area contributed by atoms with Crippen molar-refractivity contribution in [1.82, 2.24) is 4.98 Å². The van der Waals surface area contributed by atoms with Crippen LogP contribution in [0.1, 0.15) is 16.1 Å². The van der Waals surface area contributed by atoms with Crippen molar-refractivity contribution in [3.63, 3.8) is 0 Å². The monoisotopic (exact) mass is 425 g/mol. The molecule has 2 aromatic carbocycles. The van der Waals surface area contributed by atoms with Gasteiger partial charge in [-0.25, -0.2) is 4.98 Å². The van der Waals surface area contributed by atoms with Crippen molar-refractivity contribution in [3.05, 3.63) is 67.7 Å². The molecule has 3 rings (SSSR count). The predicted octanol–water partition coefficient (Wildman–Crippen LogP) is 5.83. The Hall–Kier alpha value is -3.16. The second-order valence-corrected chi connectivity index (χ2v) is 6.89. The lowest BCUT2D eigenvalue weighted by Gasteiger charge is -2.05. The third kappa shape index (κ3) is 3.62. The third-order valence-corrected chi connectivity index (χ3v) is 5.06. The number of nitro benzene ring substituents is 1. The lowest BCUT2D eigenvalue weighted by molar-refractivity contribution is -0.384. The molecule has 0 atom stereocenters. The number of benzene rings is 2. The number of non-ortho nitro benzene ring substituents is 1. The Labute approximate surface area is 163 Å². The van der Waals surface area contributed by atoms with Crippen molar-refractivity contribution in [2.24, 2.45) is 0 Å². The summed E-state index contributed by atoms with van der Waals surface area (Å²) in [5.74, 6) is -0.586. The van der Waals surface area contributed by atoms with Crippen LogP contribution in [0.3, 0.4) is 0 Å². The molecule has 3 aromatic rings. The summed E-state index contributed by atoms with van der Waals surface area (Å²) < 4.78 is 38.9. The summed E-state index contributed by atoms with van der Waals surface area (Å²) in [5.41, 5.74) is -1.53. The molecular formula is C17H7ClF3N3O3S. The number of thiazole rings is 1. The van der Waals surface area contributed by atoms with E-state index in [-0.39, 0.29) is 32.4 Å². The quantitative estimate of drug-likeness (QED) is 0.246. The Morgan fingerprint density at radius 3 is 2.57 bits per heavy atom. The van der Waals surface area contributed by atoms with Crippen LogP contribution >= 0.6 is 22.9 Å². The molecule has 0 aliphatic carbocycles. The molecule has 142 valence electrons. The summed E-state index contributed by atoms with van der Waals surface area (Å²) in [4.78, 5) is 14.1. The number of aliphatic hydroxyl groups excluding tert-OH is 1. The van der Waals surface area contributed by atoms with Crippen LogP contribution in [0.2, 0.25) is 5.02 Å². The fourth-order valence-corrected chi connectivity index (χ4v) is 3.56. The number of rotatable bonds is 3. The molecule has 0 aliphatic heterocycles. The van der Waals surface area contributed by atoms with E-state index in [9.17, 15) is 33.7 Å². The first-order valence-corrected chi connectivity index (χ1v) is 8.57. The van der Waals surface area contributed by atoms with Crippen LogP contribution in [0.4, 0.5) is 18.9 Å². The predicted molar refractivity (Wildman–Crippen MR) is 97.8 cm³/mol. The lowest BCUT2D eigenvalue weighted by Crippen LogP contribution is -2.03. The van der Waals surface area contributed by atoms with Gasteiger partial charge in [-0.15, -0.1) is 11.3 Å². The standard InChI is InChI=1S/C17H7ClF3N3O3S/c18-12-6-9(24(26)27)2-3-10(12)15(25)11(7-22)16-23-13-5-8(17(19,20)21)1-4-14(13)28-16/h1-6,25H/b15-11-. The van der Waals surface area contributed by atoms with Crippen LogP contribution in [-0.2, 0) is 6.18 Å². The highest BCUT2D eigenvalue weighted by Crippen LogP contribution is 2.36. The average Bonchev–Trinajstić information content (AvgIpc) is 3.03. The van der Waals surface area contributed by atoms with Gasteiger partial charge in [-0.2, -0.15) is 18.4 Å². The fraction of sp³-hybridized carbons (Fsp3) is 0.0588. The van der Waals surface area contributed by atoms with Crippen molar-refractivity contribution in [3.8, 4) is 6.07 Å². The molecule has 0 unspecified atom stereocenters. The van der Waals surface area contributed by atoms with E-state index in [1.807, 2.05) is 0 Å². The smallest absolute Gasteiger partial charge is 0.416 e. The number of nitriles is 1. The van der Waals surface area contributed by atoms with Crippen molar-refractivity contribution < 1.29 is 23.2 Å². The summed E-state index contributed by atoms with van der Waals surface area (Å²) in [6.45, 7) is 0. The summed E-state index contributed by atoms with van der Waals surface area (Å²) in [7, 11) is 0. The van der Waals surface area contributed by atoms with Crippen molar-refractivity contribution in [2.45, 2.75) is 6.18 Å². The first kappa shape index (κ1) is 19.6. The Morgan fingerprint density at radius 1 is 1.29 bits per heavy atom. The van der Waals surface area contributed by atoms with Crippen LogP contribution in [-0.4, -0.2) is 15.0 Å². The second kappa shape index (κ2) is 7.10. The second-order valence-electron chi connectivity index (χ2n) is 5.46. The Morgan fingerprint density at radius 2 is 2.00 bits per heavy atom. The van der Waals surface area contributed by atoms with Crippen LogP contribution < -0.4 is 0 Å². The Kier molecular flexibility index (Phi) is 4.97. The van der Waals surface area contributed by atoms with Gasteiger partial charge >= 0.3 is 6.18 Å². The highest BCUT2D eigenvalue weighted by molar-refractivity contribution is 7.19. The maximum absolute atomic E-state index is 12.8. The van der Waals surface area contributed by atoms with E-state index >= 15 is 0 Å². The minimum Gasteiger partial charge on any atom is -0.506 e. The van der Waals surface area contributed by atoms with Gasteiger partial charge in [0.25, 0.3) is 5.69 Å². The molecule has 0 aliphatic rings. The van der Waals surface area contributed by atoms with Gasteiger partial charge in [0.1, 0.15) is 22.4 Å². The fourth-order valence-electron chi connectivity index (χ4n) is 2.36. The average molecular weight is 426 g/mol. The Bertz CT molecular complexity index is 1180. The number of nitro groups is 1. The number of alkyl halides is 3. The van der Waals surface area contributed by atoms with E-state index in [1.165, 1.54) is 12.1 Å². The van der Waals surface area contributed by atoms with E-state index in [1.54, 1.807) is 6.07 Å². The van der Waals surface area contributed by atoms with Crippen LogP contribution in [0.25, 0.3) is 21.5 Å². The van der Waals surface area contributed by atoms with Crippen LogP contribution in [0.5, 0.6) is 0 Å². The number of hydrogen-bond acceptors (Lipinski definition) is 6. The number of hydrogen-bond donors (Lipinski definition) is 1. The van der Waals surface area contributed by atoms with Gasteiger partial charge < -0.3 is 5.11 Å². The largest absolute Gasteiger partial charge is 0.506 e. The van der Waals surface area contributed by atoms with Gasteiger partial charge in [-0.3, -0.25) is 10.1 Å². The van der Waals surface area contributed by atoms with Crippen molar-refractivity contribution >= 4 is 50.2 Å². The van der Waals surface area contributed by atoms with Gasteiger partial charge in [0.15, 0.2) is 0 Å². The molecule has 0 saturated heterocycles. The van der Waals surface area contributed by atoms with Gasteiger partial charge in [0.2, 0.25) is 0 Å². The van der Waals surface area contributed by atoms with Gasteiger partial charge in [0, 0.05) is 17.7 Å². The number of fused-ring (bicyclic) bond motifs is 1. The number of aromatic nitrogens is 1. The van der Waals surface area contributed by atoms with Crippen LogP contribution in [0, 0.1) is 21.4 Å². The topological polar surface area (TPSA) is 100 Å². The number of halogens is 4. The molecule has 0 amide bonds. The normalized spacial score (nSPS) is 12.5.